The third-order valence-electron chi connectivity index (χ3n) is 6.28. The molecule has 0 aliphatic carbocycles. The number of fused-ring (bicyclic) bond motifs is 1. The summed E-state index contributed by atoms with van der Waals surface area (Å²) in [6.45, 7) is 3.11. The average Bonchev–Trinajstić information content (AvgIpc) is 3.18. The van der Waals surface area contributed by atoms with E-state index in [0.717, 1.165) is 16.6 Å². The summed E-state index contributed by atoms with van der Waals surface area (Å²) in [4.78, 5) is 34.6. The van der Waals surface area contributed by atoms with Gasteiger partial charge < -0.3 is 9.80 Å². The molecule has 178 valence electrons. The van der Waals surface area contributed by atoms with E-state index in [-0.39, 0.29) is 11.5 Å². The van der Waals surface area contributed by atoms with Crippen LogP contribution in [0.4, 0.5) is 4.39 Å². The predicted octanol–water partition coefficient (Wildman–Crippen LogP) is 4.33. The molecule has 1 saturated heterocycles. The van der Waals surface area contributed by atoms with E-state index in [0.29, 0.717) is 48.1 Å². The van der Waals surface area contributed by atoms with E-state index in [1.54, 1.807) is 14.5 Å². The maximum atomic E-state index is 14.2. The van der Waals surface area contributed by atoms with Gasteiger partial charge in [0.1, 0.15) is 5.82 Å². The van der Waals surface area contributed by atoms with Gasteiger partial charge in [-0.1, -0.05) is 41.9 Å². The van der Waals surface area contributed by atoms with Crippen LogP contribution in [0, 0.1) is 12.7 Å². The second-order valence-electron chi connectivity index (χ2n) is 8.54. The van der Waals surface area contributed by atoms with E-state index in [9.17, 15) is 14.0 Å². The van der Waals surface area contributed by atoms with E-state index in [4.69, 9.17) is 16.6 Å². The number of halogens is 2. The minimum Gasteiger partial charge on any atom is -0.335 e. The Balaban J connectivity index is 1.42. The van der Waals surface area contributed by atoms with Crippen molar-refractivity contribution in [3.63, 3.8) is 0 Å². The number of nitrogens with zero attached hydrogens (tertiary/aromatic N) is 5. The molecular weight excluding hydrogens is 469 g/mol. The van der Waals surface area contributed by atoms with Crippen LogP contribution in [0.15, 0.2) is 54.6 Å². The summed E-state index contributed by atoms with van der Waals surface area (Å²) in [5.74, 6) is -1.19. The molecule has 35 heavy (non-hydrogen) atoms. The highest BCUT2D eigenvalue weighted by Gasteiger charge is 2.29. The number of hydrogen-bond donors (Lipinski definition) is 0. The molecule has 0 N–H and O–H groups in total. The van der Waals surface area contributed by atoms with Crippen molar-refractivity contribution in [3.05, 3.63) is 82.3 Å². The zero-order chi connectivity index (χ0) is 24.7. The third kappa shape index (κ3) is 4.25. The van der Waals surface area contributed by atoms with E-state index in [2.05, 4.69) is 5.10 Å². The van der Waals surface area contributed by atoms with Gasteiger partial charge in [-0.25, -0.2) is 9.37 Å². The Morgan fingerprint density at radius 3 is 2.20 bits per heavy atom. The first-order valence-corrected chi connectivity index (χ1v) is 11.6. The summed E-state index contributed by atoms with van der Waals surface area (Å²) in [6, 6.07) is 15.4. The molecule has 3 heterocycles. The highest BCUT2D eigenvalue weighted by molar-refractivity contribution is 6.31. The molecule has 2 amide bonds. The lowest BCUT2D eigenvalue weighted by Crippen LogP contribution is -2.50. The SMILES string of the molecule is Cc1nn(C)c2nc(-c3ccccc3)cc(C(=O)N3CCN(C(=O)c4cc(Cl)ccc4F)CC3)c12. The predicted molar refractivity (Wildman–Crippen MR) is 132 cm³/mol. The Hall–Kier alpha value is -3.78. The number of hydrogen-bond acceptors (Lipinski definition) is 4. The van der Waals surface area contributed by atoms with Crippen molar-refractivity contribution >= 4 is 34.4 Å². The first-order chi connectivity index (χ1) is 16.8. The Morgan fingerprint density at radius 1 is 0.914 bits per heavy atom. The van der Waals surface area contributed by atoms with Crippen molar-refractivity contribution in [3.8, 4) is 11.3 Å². The zero-order valence-corrected chi connectivity index (χ0v) is 20.1. The molecule has 2 aromatic heterocycles. The number of benzene rings is 2. The van der Waals surface area contributed by atoms with E-state index >= 15 is 0 Å². The van der Waals surface area contributed by atoms with Crippen molar-refractivity contribution in [1.82, 2.24) is 24.6 Å². The molecule has 1 aliphatic heterocycles. The number of pyridine rings is 1. The normalized spacial score (nSPS) is 13.9. The molecule has 0 unspecified atom stereocenters. The van der Waals surface area contributed by atoms with Gasteiger partial charge in [0, 0.05) is 43.8 Å². The van der Waals surface area contributed by atoms with Gasteiger partial charge >= 0.3 is 0 Å². The number of carbonyl (C=O) groups excluding carboxylic acids is 2. The first-order valence-electron chi connectivity index (χ1n) is 11.3. The van der Waals surface area contributed by atoms with Crippen molar-refractivity contribution in [1.29, 1.82) is 0 Å². The van der Waals surface area contributed by atoms with Gasteiger partial charge in [-0.15, -0.1) is 0 Å². The smallest absolute Gasteiger partial charge is 0.257 e. The van der Waals surface area contributed by atoms with Crippen LogP contribution in [0.2, 0.25) is 5.02 Å². The van der Waals surface area contributed by atoms with E-state index in [1.165, 1.54) is 18.2 Å². The average molecular weight is 492 g/mol. The number of amides is 2. The Bertz CT molecular complexity index is 1450. The molecule has 1 fully saturated rings. The quantitative estimate of drug-likeness (QED) is 0.427. The summed E-state index contributed by atoms with van der Waals surface area (Å²) in [5, 5.41) is 5.50. The highest BCUT2D eigenvalue weighted by Crippen LogP contribution is 2.28. The second-order valence-corrected chi connectivity index (χ2v) is 8.97. The molecule has 2 aromatic carbocycles. The van der Waals surface area contributed by atoms with Crippen molar-refractivity contribution < 1.29 is 14.0 Å². The van der Waals surface area contributed by atoms with Crippen LogP contribution in [0.25, 0.3) is 22.3 Å². The van der Waals surface area contributed by atoms with Crippen LogP contribution in [0.5, 0.6) is 0 Å². The standard InChI is InChI=1S/C26H23ClFN5O2/c1-16-23-20(15-22(17-6-4-3-5-7-17)29-24(23)31(2)30-16)26(35)33-12-10-32(11-13-33)25(34)19-14-18(27)8-9-21(19)28/h3-9,14-15H,10-13H2,1-2H3. The highest BCUT2D eigenvalue weighted by atomic mass is 35.5. The van der Waals surface area contributed by atoms with Crippen LogP contribution in [0.1, 0.15) is 26.4 Å². The first kappa shape index (κ1) is 23.0. The molecular formula is C26H23ClFN5O2. The maximum Gasteiger partial charge on any atom is 0.257 e. The van der Waals surface area contributed by atoms with Crippen molar-refractivity contribution in [2.45, 2.75) is 6.92 Å². The third-order valence-corrected chi connectivity index (χ3v) is 6.52. The number of piperazine rings is 1. The van der Waals surface area contributed by atoms with Gasteiger partial charge in [-0.3, -0.25) is 14.3 Å². The molecule has 9 heteroatoms. The number of carbonyl (C=O) groups is 2. The van der Waals surface area contributed by atoms with Gasteiger partial charge in [0.15, 0.2) is 5.65 Å². The van der Waals surface area contributed by atoms with E-state index < -0.39 is 11.7 Å². The fourth-order valence-electron chi connectivity index (χ4n) is 4.49. The van der Waals surface area contributed by atoms with Gasteiger partial charge in [-0.2, -0.15) is 5.10 Å². The lowest BCUT2D eigenvalue weighted by atomic mass is 10.0. The summed E-state index contributed by atoms with van der Waals surface area (Å²) in [5.41, 5.74) is 3.42. The van der Waals surface area contributed by atoms with Gasteiger partial charge in [0.2, 0.25) is 0 Å². The number of aromatic nitrogens is 3. The molecule has 4 aromatic rings. The van der Waals surface area contributed by atoms with Crippen LogP contribution < -0.4 is 0 Å². The molecule has 0 spiro atoms. The molecule has 7 nitrogen and oxygen atoms in total. The molecule has 0 atom stereocenters. The van der Waals surface area contributed by atoms with Crippen LogP contribution >= 0.6 is 11.6 Å². The fraction of sp³-hybridized carbons (Fsp3) is 0.231. The fourth-order valence-corrected chi connectivity index (χ4v) is 4.66. The van der Waals surface area contributed by atoms with Crippen molar-refractivity contribution in [2.24, 2.45) is 7.05 Å². The minimum atomic E-state index is -0.613. The van der Waals surface area contributed by atoms with Crippen LogP contribution in [0.3, 0.4) is 0 Å². The van der Waals surface area contributed by atoms with Crippen LogP contribution in [-0.2, 0) is 7.05 Å². The summed E-state index contributed by atoms with van der Waals surface area (Å²) in [6.07, 6.45) is 0. The topological polar surface area (TPSA) is 71.3 Å². The molecule has 0 bridgehead atoms. The second kappa shape index (κ2) is 9.11. The Labute approximate surface area is 206 Å². The Morgan fingerprint density at radius 2 is 1.54 bits per heavy atom. The molecule has 5 rings (SSSR count). The molecule has 1 aliphatic rings. The summed E-state index contributed by atoms with van der Waals surface area (Å²) in [7, 11) is 1.81. The summed E-state index contributed by atoms with van der Waals surface area (Å²) < 4.78 is 15.9. The number of rotatable bonds is 3. The zero-order valence-electron chi connectivity index (χ0n) is 19.3. The molecule has 0 saturated carbocycles. The summed E-state index contributed by atoms with van der Waals surface area (Å²) >= 11 is 5.95. The maximum absolute atomic E-state index is 14.2. The largest absolute Gasteiger partial charge is 0.335 e. The molecule has 0 radical (unpaired) electrons. The monoisotopic (exact) mass is 491 g/mol. The number of aryl methyl sites for hydroxylation is 2. The van der Waals surface area contributed by atoms with Crippen LogP contribution in [-0.4, -0.2) is 62.6 Å². The minimum absolute atomic E-state index is 0.0633. The van der Waals surface area contributed by atoms with Gasteiger partial charge in [0.05, 0.1) is 27.9 Å². The van der Waals surface area contributed by atoms with Crippen molar-refractivity contribution in [2.75, 3.05) is 26.2 Å². The van der Waals surface area contributed by atoms with Gasteiger partial charge in [-0.05, 0) is 31.2 Å². The van der Waals surface area contributed by atoms with E-state index in [1.807, 2.05) is 50.4 Å². The Kier molecular flexibility index (Phi) is 5.98. The lowest BCUT2D eigenvalue weighted by molar-refractivity contribution is 0.0534. The van der Waals surface area contributed by atoms with Gasteiger partial charge in [0.25, 0.3) is 11.8 Å². The lowest BCUT2D eigenvalue weighted by Gasteiger charge is -2.35.